The fourth-order valence-corrected chi connectivity index (χ4v) is 4.15. The van der Waals surface area contributed by atoms with Gasteiger partial charge in [-0.3, -0.25) is 0 Å². The monoisotopic (exact) mass is 461 g/mol. The van der Waals surface area contributed by atoms with Gasteiger partial charge in [0.2, 0.25) is 0 Å². The SMILES string of the molecule is CCS(=O)(=O)c1cc(-n2ccc(C#N)n2)cnc1-c1nc2cc(C(F)(F)F)ncc2n1C. The molecular formula is C19H14F3N7O2S. The highest BCUT2D eigenvalue weighted by atomic mass is 32.2. The van der Waals surface area contributed by atoms with Gasteiger partial charge in [-0.1, -0.05) is 6.92 Å². The maximum atomic E-state index is 13.0. The van der Waals surface area contributed by atoms with E-state index >= 15 is 0 Å². The maximum Gasteiger partial charge on any atom is 0.433 e. The largest absolute Gasteiger partial charge is 0.433 e. The number of imidazole rings is 1. The number of hydrogen-bond acceptors (Lipinski definition) is 7. The molecule has 0 amide bonds. The van der Waals surface area contributed by atoms with Gasteiger partial charge in [-0.15, -0.1) is 0 Å². The Labute approximate surface area is 179 Å². The van der Waals surface area contributed by atoms with Crippen molar-refractivity contribution in [1.29, 1.82) is 5.26 Å². The summed E-state index contributed by atoms with van der Waals surface area (Å²) >= 11 is 0. The minimum atomic E-state index is -4.64. The van der Waals surface area contributed by atoms with Crippen molar-refractivity contribution in [2.45, 2.75) is 18.0 Å². The lowest BCUT2D eigenvalue weighted by Gasteiger charge is -2.11. The fourth-order valence-electron chi connectivity index (χ4n) is 3.10. The predicted octanol–water partition coefficient (Wildman–Crippen LogP) is 2.90. The Bertz CT molecular complexity index is 1500. The van der Waals surface area contributed by atoms with Crippen LogP contribution in [-0.2, 0) is 23.1 Å². The molecule has 0 unspecified atom stereocenters. The van der Waals surface area contributed by atoms with Crippen molar-refractivity contribution in [2.24, 2.45) is 7.05 Å². The van der Waals surface area contributed by atoms with E-state index in [-0.39, 0.29) is 38.9 Å². The molecule has 0 bridgehead atoms. The number of pyridine rings is 2. The second kappa shape index (κ2) is 7.41. The molecule has 0 saturated carbocycles. The highest BCUT2D eigenvalue weighted by Gasteiger charge is 2.33. The van der Waals surface area contributed by atoms with Crippen LogP contribution in [0.25, 0.3) is 28.2 Å². The third-order valence-corrected chi connectivity index (χ3v) is 6.53. The first-order valence-corrected chi connectivity index (χ1v) is 10.8. The Kier molecular flexibility index (Phi) is 4.97. The molecule has 164 valence electrons. The molecule has 0 N–H and O–H groups in total. The van der Waals surface area contributed by atoms with Gasteiger partial charge in [0, 0.05) is 13.2 Å². The van der Waals surface area contributed by atoms with E-state index in [1.54, 1.807) is 0 Å². The van der Waals surface area contributed by atoms with Crippen LogP contribution in [0.1, 0.15) is 18.3 Å². The number of nitrogens with zero attached hydrogens (tertiary/aromatic N) is 7. The lowest BCUT2D eigenvalue weighted by Crippen LogP contribution is -2.10. The van der Waals surface area contributed by atoms with Crippen LogP contribution in [-0.4, -0.2) is 43.5 Å². The summed E-state index contributed by atoms with van der Waals surface area (Å²) in [5.41, 5.74) is -0.410. The summed E-state index contributed by atoms with van der Waals surface area (Å²) in [7, 11) is -2.28. The van der Waals surface area contributed by atoms with E-state index in [2.05, 4.69) is 20.1 Å². The average Bonchev–Trinajstić information content (AvgIpc) is 3.37. The van der Waals surface area contributed by atoms with Crippen molar-refractivity contribution >= 4 is 20.9 Å². The highest BCUT2D eigenvalue weighted by Crippen LogP contribution is 2.32. The number of fused-ring (bicyclic) bond motifs is 1. The van der Waals surface area contributed by atoms with Crippen molar-refractivity contribution < 1.29 is 21.6 Å². The van der Waals surface area contributed by atoms with E-state index in [9.17, 15) is 21.6 Å². The second-order valence-electron chi connectivity index (χ2n) is 6.75. The zero-order chi connectivity index (χ0) is 23.3. The molecule has 0 aliphatic rings. The standard InChI is InChI=1S/C19H14F3N7O2S/c1-3-32(30,31)15-6-12(29-5-4-11(8-23)27-29)9-25-17(15)18-26-13-7-16(19(20,21)22)24-10-14(13)28(18)2/h4-7,9-10H,3H2,1-2H3. The third-order valence-electron chi connectivity index (χ3n) is 4.79. The zero-order valence-electron chi connectivity index (χ0n) is 16.7. The number of alkyl halides is 3. The lowest BCUT2D eigenvalue weighted by atomic mass is 10.3. The number of sulfone groups is 1. The van der Waals surface area contributed by atoms with Gasteiger partial charge in [-0.25, -0.2) is 28.1 Å². The first-order valence-electron chi connectivity index (χ1n) is 9.14. The highest BCUT2D eigenvalue weighted by molar-refractivity contribution is 7.91. The van der Waals surface area contributed by atoms with Crippen molar-refractivity contribution in [1.82, 2.24) is 29.3 Å². The zero-order valence-corrected chi connectivity index (χ0v) is 17.5. The van der Waals surface area contributed by atoms with Crippen LogP contribution in [0.15, 0.2) is 41.7 Å². The van der Waals surface area contributed by atoms with E-state index in [1.165, 1.54) is 47.7 Å². The van der Waals surface area contributed by atoms with E-state index in [0.29, 0.717) is 5.69 Å². The topological polar surface area (TPSA) is 119 Å². The molecule has 0 saturated heterocycles. The van der Waals surface area contributed by atoms with Crippen LogP contribution in [0.3, 0.4) is 0 Å². The lowest BCUT2D eigenvalue weighted by molar-refractivity contribution is -0.141. The summed E-state index contributed by atoms with van der Waals surface area (Å²) in [6.07, 6.45) is -0.785. The Balaban J connectivity index is 1.94. The summed E-state index contributed by atoms with van der Waals surface area (Å²) in [6.45, 7) is 1.46. The maximum absolute atomic E-state index is 13.0. The number of aryl methyl sites for hydroxylation is 1. The van der Waals surface area contributed by atoms with Crippen molar-refractivity contribution in [2.75, 3.05) is 5.75 Å². The van der Waals surface area contributed by atoms with Crippen LogP contribution in [0, 0.1) is 11.3 Å². The third kappa shape index (κ3) is 3.58. The Morgan fingerprint density at radius 2 is 1.94 bits per heavy atom. The summed E-state index contributed by atoms with van der Waals surface area (Å²) in [5.74, 6) is -0.171. The summed E-state index contributed by atoms with van der Waals surface area (Å²) in [6, 6.07) is 5.48. The van der Waals surface area contributed by atoms with Gasteiger partial charge in [-0.05, 0) is 18.2 Å². The molecule has 4 rings (SSSR count). The fraction of sp³-hybridized carbons (Fsp3) is 0.211. The number of rotatable bonds is 4. The number of nitriles is 1. The molecule has 4 aromatic rings. The van der Waals surface area contributed by atoms with E-state index in [1.807, 2.05) is 6.07 Å². The van der Waals surface area contributed by atoms with Crippen LogP contribution in [0.2, 0.25) is 0 Å². The molecule has 32 heavy (non-hydrogen) atoms. The molecule has 4 aromatic heterocycles. The predicted molar refractivity (Wildman–Crippen MR) is 106 cm³/mol. The van der Waals surface area contributed by atoms with Crippen LogP contribution in [0.4, 0.5) is 13.2 Å². The van der Waals surface area contributed by atoms with Crippen molar-refractivity contribution in [3.05, 3.63) is 48.2 Å². The number of aromatic nitrogens is 6. The molecule has 4 heterocycles. The number of halogens is 3. The van der Waals surface area contributed by atoms with E-state index in [4.69, 9.17) is 5.26 Å². The summed E-state index contributed by atoms with van der Waals surface area (Å²) in [4.78, 5) is 11.7. The first kappa shape index (κ1) is 21.4. The molecule has 0 spiro atoms. The Morgan fingerprint density at radius 1 is 1.19 bits per heavy atom. The average molecular weight is 461 g/mol. The molecule has 0 aliphatic heterocycles. The summed E-state index contributed by atoms with van der Waals surface area (Å²) < 4.78 is 67.5. The normalized spacial score (nSPS) is 12.2. The van der Waals surface area contributed by atoms with Gasteiger partial charge in [0.25, 0.3) is 0 Å². The molecule has 9 nitrogen and oxygen atoms in total. The molecule has 0 aromatic carbocycles. The van der Waals surface area contributed by atoms with Crippen molar-refractivity contribution in [3.8, 4) is 23.3 Å². The van der Waals surface area contributed by atoms with Gasteiger partial charge in [0.1, 0.15) is 17.5 Å². The number of hydrogen-bond donors (Lipinski definition) is 0. The first-order chi connectivity index (χ1) is 15.0. The van der Waals surface area contributed by atoms with Crippen molar-refractivity contribution in [3.63, 3.8) is 0 Å². The van der Waals surface area contributed by atoms with E-state index < -0.39 is 21.7 Å². The van der Waals surface area contributed by atoms with Gasteiger partial charge < -0.3 is 4.57 Å². The smallest absolute Gasteiger partial charge is 0.324 e. The van der Waals surface area contributed by atoms with Crippen LogP contribution >= 0.6 is 0 Å². The van der Waals surface area contributed by atoms with Gasteiger partial charge in [0.15, 0.2) is 21.4 Å². The quantitative estimate of drug-likeness (QED) is 0.458. The minimum Gasteiger partial charge on any atom is -0.324 e. The van der Waals surface area contributed by atoms with Crippen LogP contribution in [0.5, 0.6) is 0 Å². The van der Waals surface area contributed by atoms with Gasteiger partial charge in [0.05, 0.1) is 39.8 Å². The molecule has 0 aliphatic carbocycles. The summed E-state index contributed by atoms with van der Waals surface area (Å²) in [5, 5.41) is 13.0. The van der Waals surface area contributed by atoms with Gasteiger partial charge in [-0.2, -0.15) is 23.5 Å². The molecule has 0 fully saturated rings. The molecular weight excluding hydrogens is 447 g/mol. The molecule has 13 heteroatoms. The van der Waals surface area contributed by atoms with Gasteiger partial charge >= 0.3 is 6.18 Å². The molecule has 0 atom stereocenters. The Morgan fingerprint density at radius 3 is 2.56 bits per heavy atom. The second-order valence-corrected chi connectivity index (χ2v) is 9.00. The van der Waals surface area contributed by atoms with Crippen LogP contribution < -0.4 is 0 Å². The van der Waals surface area contributed by atoms with E-state index in [0.717, 1.165) is 12.3 Å². The molecule has 0 radical (unpaired) electrons. The Hall–Kier alpha value is -3.79. The minimum absolute atomic E-state index is 0.00119.